The second-order valence-corrected chi connectivity index (χ2v) is 6.88. The van der Waals surface area contributed by atoms with Crippen LogP contribution < -0.4 is 10.6 Å². The van der Waals surface area contributed by atoms with Crippen LogP contribution in [-0.2, 0) is 29.2 Å². The van der Waals surface area contributed by atoms with Crippen molar-refractivity contribution in [1.29, 1.82) is 0 Å². The van der Waals surface area contributed by atoms with Crippen molar-refractivity contribution in [2.24, 2.45) is 0 Å². The lowest BCUT2D eigenvalue weighted by atomic mass is 10.1. The van der Waals surface area contributed by atoms with Crippen LogP contribution in [0.25, 0.3) is 0 Å². The second-order valence-electron chi connectivity index (χ2n) is 5.98. The van der Waals surface area contributed by atoms with Gasteiger partial charge in [-0.1, -0.05) is 6.92 Å². The molecule has 25 heavy (non-hydrogen) atoms. The zero-order chi connectivity index (χ0) is 17.8. The number of aromatic nitrogens is 3. The molecule has 0 radical (unpaired) electrons. The Morgan fingerprint density at radius 3 is 2.92 bits per heavy atom. The maximum atomic E-state index is 12.6. The predicted molar refractivity (Wildman–Crippen MR) is 95.0 cm³/mol. The minimum absolute atomic E-state index is 0.0242. The minimum atomic E-state index is -0.202. The van der Waals surface area contributed by atoms with E-state index in [0.717, 1.165) is 30.9 Å². The van der Waals surface area contributed by atoms with E-state index in [9.17, 15) is 9.59 Å². The van der Waals surface area contributed by atoms with Crippen molar-refractivity contribution in [2.75, 3.05) is 11.9 Å². The van der Waals surface area contributed by atoms with Crippen molar-refractivity contribution < 1.29 is 9.59 Å². The monoisotopic (exact) mass is 362 g/mol. The largest absolute Gasteiger partial charge is 0.351 e. The molecule has 3 rings (SSSR count). The topological polar surface area (TPSA) is 92.2 Å². The van der Waals surface area contributed by atoms with E-state index in [1.54, 1.807) is 6.20 Å². The fraction of sp³-hybridized carbons (Fsp3) is 0.500. The van der Waals surface area contributed by atoms with Gasteiger partial charge in [0.2, 0.25) is 11.8 Å². The van der Waals surface area contributed by atoms with Gasteiger partial charge in [-0.05, 0) is 12.5 Å². The van der Waals surface area contributed by atoms with Crippen LogP contribution in [0.2, 0.25) is 0 Å². The summed E-state index contributed by atoms with van der Waals surface area (Å²) in [6.45, 7) is 6.09. The molecule has 0 aromatic carbocycles. The molecule has 1 atom stereocenters. The lowest BCUT2D eigenvalue weighted by Crippen LogP contribution is -2.47. The number of nitrogens with one attached hydrogen (secondary N) is 2. The average Bonchev–Trinajstić information content (AvgIpc) is 3.22. The molecule has 1 aliphatic rings. The van der Waals surface area contributed by atoms with Crippen LogP contribution in [0.4, 0.5) is 5.13 Å². The summed E-state index contributed by atoms with van der Waals surface area (Å²) in [6, 6.07) is 1.79. The van der Waals surface area contributed by atoms with E-state index >= 15 is 0 Å². The molecule has 2 amide bonds. The van der Waals surface area contributed by atoms with Gasteiger partial charge in [-0.3, -0.25) is 19.2 Å². The summed E-state index contributed by atoms with van der Waals surface area (Å²) in [5, 5.41) is 12.6. The van der Waals surface area contributed by atoms with Crippen LogP contribution in [0.5, 0.6) is 0 Å². The van der Waals surface area contributed by atoms with Crippen molar-refractivity contribution in [3.05, 3.63) is 29.0 Å². The second kappa shape index (κ2) is 7.75. The zero-order valence-corrected chi connectivity index (χ0v) is 15.2. The minimum Gasteiger partial charge on any atom is -0.351 e. The van der Waals surface area contributed by atoms with E-state index in [0.29, 0.717) is 18.2 Å². The molecule has 0 bridgehead atoms. The fourth-order valence-electron chi connectivity index (χ4n) is 3.00. The van der Waals surface area contributed by atoms with Gasteiger partial charge in [-0.25, -0.2) is 4.98 Å². The van der Waals surface area contributed by atoms with Crippen LogP contribution >= 0.6 is 11.3 Å². The number of thiazole rings is 1. The molecule has 0 saturated heterocycles. The molecule has 2 N–H and O–H groups in total. The average molecular weight is 362 g/mol. The molecule has 0 spiro atoms. The third kappa shape index (κ3) is 4.23. The van der Waals surface area contributed by atoms with Gasteiger partial charge >= 0.3 is 0 Å². The number of carbonyl (C=O) groups is 2. The van der Waals surface area contributed by atoms with Gasteiger partial charge < -0.3 is 10.6 Å². The molecular formula is C16H22N6O2S. The van der Waals surface area contributed by atoms with E-state index < -0.39 is 0 Å². The standard InChI is InChI=1S/C16H22N6O2S/c1-3-14(15(24)19-16-17-4-7-25-16)21-5-6-22-13(10-21)8-12(20-22)9-18-11(2)23/h4,7-8,14H,3,5-6,9-10H2,1-2H3,(H,18,23)(H,17,19,24). The highest BCUT2D eigenvalue weighted by Crippen LogP contribution is 2.19. The molecule has 8 nitrogen and oxygen atoms in total. The molecule has 9 heteroatoms. The van der Waals surface area contributed by atoms with E-state index in [1.807, 2.05) is 23.1 Å². The normalized spacial score (nSPS) is 15.4. The van der Waals surface area contributed by atoms with Gasteiger partial charge in [0.05, 0.1) is 30.5 Å². The number of carbonyl (C=O) groups excluding carboxylic acids is 2. The summed E-state index contributed by atoms with van der Waals surface area (Å²) in [7, 11) is 0. The summed E-state index contributed by atoms with van der Waals surface area (Å²) in [4.78, 5) is 29.9. The number of fused-ring (bicyclic) bond motifs is 1. The predicted octanol–water partition coefficient (Wildman–Crippen LogP) is 1.21. The van der Waals surface area contributed by atoms with Crippen LogP contribution in [-0.4, -0.2) is 44.1 Å². The number of hydrogen-bond donors (Lipinski definition) is 2. The van der Waals surface area contributed by atoms with Crippen molar-refractivity contribution >= 4 is 28.3 Å². The molecule has 1 unspecified atom stereocenters. The summed E-state index contributed by atoms with van der Waals surface area (Å²) in [5.41, 5.74) is 1.90. The third-order valence-electron chi connectivity index (χ3n) is 4.19. The lowest BCUT2D eigenvalue weighted by Gasteiger charge is -2.33. The van der Waals surface area contributed by atoms with Crippen LogP contribution in [0.15, 0.2) is 17.6 Å². The molecule has 0 fully saturated rings. The Morgan fingerprint density at radius 2 is 2.24 bits per heavy atom. The first-order valence-corrected chi connectivity index (χ1v) is 9.19. The molecule has 0 saturated carbocycles. The number of hydrogen-bond acceptors (Lipinski definition) is 6. The molecule has 3 heterocycles. The number of amides is 2. The van der Waals surface area contributed by atoms with Crippen molar-refractivity contribution in [3.63, 3.8) is 0 Å². The van der Waals surface area contributed by atoms with Crippen LogP contribution in [0.1, 0.15) is 31.7 Å². The van der Waals surface area contributed by atoms with Crippen LogP contribution in [0, 0.1) is 0 Å². The Kier molecular flexibility index (Phi) is 5.44. The Morgan fingerprint density at radius 1 is 1.40 bits per heavy atom. The molecular weight excluding hydrogens is 340 g/mol. The van der Waals surface area contributed by atoms with Gasteiger partial charge in [0.25, 0.3) is 0 Å². The van der Waals surface area contributed by atoms with Crippen molar-refractivity contribution in [1.82, 2.24) is 25.0 Å². The maximum Gasteiger partial charge on any atom is 0.243 e. The Balaban J connectivity index is 1.65. The maximum absolute atomic E-state index is 12.6. The smallest absolute Gasteiger partial charge is 0.243 e. The summed E-state index contributed by atoms with van der Waals surface area (Å²) < 4.78 is 1.96. The summed E-state index contributed by atoms with van der Waals surface area (Å²) >= 11 is 1.42. The summed E-state index contributed by atoms with van der Waals surface area (Å²) in [6.07, 6.45) is 2.40. The lowest BCUT2D eigenvalue weighted by molar-refractivity contribution is -0.122. The van der Waals surface area contributed by atoms with E-state index in [4.69, 9.17) is 0 Å². The first kappa shape index (κ1) is 17.6. The highest BCUT2D eigenvalue weighted by atomic mass is 32.1. The Hall–Kier alpha value is -2.26. The van der Waals surface area contributed by atoms with Crippen molar-refractivity contribution in [2.45, 2.75) is 45.9 Å². The van der Waals surface area contributed by atoms with E-state index in [1.165, 1.54) is 18.3 Å². The third-order valence-corrected chi connectivity index (χ3v) is 4.88. The highest BCUT2D eigenvalue weighted by molar-refractivity contribution is 7.13. The highest BCUT2D eigenvalue weighted by Gasteiger charge is 2.28. The van der Waals surface area contributed by atoms with Gasteiger partial charge in [-0.2, -0.15) is 5.10 Å². The first-order chi connectivity index (χ1) is 12.1. The van der Waals surface area contributed by atoms with Gasteiger partial charge in [0.1, 0.15) is 0 Å². The quantitative estimate of drug-likeness (QED) is 0.806. The summed E-state index contributed by atoms with van der Waals surface area (Å²) in [5.74, 6) is -0.0959. The molecule has 0 aliphatic carbocycles. The molecule has 1 aliphatic heterocycles. The molecule has 2 aromatic heterocycles. The fourth-order valence-corrected chi connectivity index (χ4v) is 3.53. The van der Waals surface area contributed by atoms with Crippen molar-refractivity contribution in [3.8, 4) is 0 Å². The van der Waals surface area contributed by atoms with Crippen LogP contribution in [0.3, 0.4) is 0 Å². The Labute approximate surface area is 150 Å². The first-order valence-electron chi connectivity index (χ1n) is 8.31. The SMILES string of the molecule is CCC(C(=O)Nc1nccs1)N1CCn2nc(CNC(C)=O)cc2C1. The number of nitrogens with zero attached hydrogens (tertiary/aromatic N) is 4. The Bertz CT molecular complexity index is 742. The van der Waals surface area contributed by atoms with Gasteiger partial charge in [-0.15, -0.1) is 11.3 Å². The zero-order valence-electron chi connectivity index (χ0n) is 14.4. The molecule has 2 aromatic rings. The number of rotatable bonds is 6. The van der Waals surface area contributed by atoms with Gasteiger partial charge in [0.15, 0.2) is 5.13 Å². The van der Waals surface area contributed by atoms with Gasteiger partial charge in [0, 0.05) is 31.6 Å². The van der Waals surface area contributed by atoms with E-state index in [-0.39, 0.29) is 17.9 Å². The van der Waals surface area contributed by atoms with E-state index in [2.05, 4.69) is 25.6 Å². The molecule has 134 valence electrons. The number of anilines is 1.